The van der Waals surface area contributed by atoms with Crippen LogP contribution in [0.3, 0.4) is 0 Å². The maximum absolute atomic E-state index is 14.8. The summed E-state index contributed by atoms with van der Waals surface area (Å²) in [5, 5.41) is 6.92. The lowest BCUT2D eigenvalue weighted by atomic mass is 9.70. The first-order valence-corrected chi connectivity index (χ1v) is 17.0. The van der Waals surface area contributed by atoms with E-state index in [1.54, 1.807) is 57.0 Å². The molecule has 0 fully saturated rings. The number of benzene rings is 2. The second-order valence-corrected chi connectivity index (χ2v) is 13.0. The molecule has 48 heavy (non-hydrogen) atoms. The Morgan fingerprint density at radius 2 is 1.81 bits per heavy atom. The highest BCUT2D eigenvalue weighted by atomic mass is 35.5. The molecule has 1 amide bonds. The zero-order valence-corrected chi connectivity index (χ0v) is 28.8. The summed E-state index contributed by atoms with van der Waals surface area (Å²) >= 11 is 8.24. The average Bonchev–Trinajstić information content (AvgIpc) is 3.77. The Morgan fingerprint density at radius 1 is 1.10 bits per heavy atom. The summed E-state index contributed by atoms with van der Waals surface area (Å²) < 4.78 is 34.3. The number of Topliss-reactive ketones (excluding diaryl/α,β-unsaturated/α-hetero) is 2. The van der Waals surface area contributed by atoms with Crippen LogP contribution in [0.1, 0.15) is 63.1 Å². The second kappa shape index (κ2) is 13.2. The Hall–Kier alpha value is -4.49. The molecule has 14 heteroatoms. The van der Waals surface area contributed by atoms with Gasteiger partial charge in [-0.15, -0.1) is 0 Å². The standard InChI is InChI=1S/C34H34ClN3O9S/c1-16-13-23-26(31(40)34(16)32(41)27-22(43-4)15-24(44-5)28(35)30(27)46-34)20(29(45-23)18-7-9-19(42-3)10-8-18)14-25(39)37-21(11-12-48-6)33-36-17(2)38-47-33/h7-10,15-16,21H,11-14H2,1-6H3,(H,37,39)/t16-,21?,34+/m1/s1. The molecule has 0 bridgehead atoms. The number of hydrogen-bond donors (Lipinski definition) is 1. The van der Waals surface area contributed by atoms with Gasteiger partial charge in [0.15, 0.2) is 11.6 Å². The molecule has 0 radical (unpaired) electrons. The molecule has 2 aromatic heterocycles. The summed E-state index contributed by atoms with van der Waals surface area (Å²) in [6.45, 7) is 3.44. The molecule has 1 N–H and O–H groups in total. The minimum absolute atomic E-state index is 0.00571. The SMILES string of the molecule is COc1ccc(-c2oc3c(c2CC(=O)NC(CCSC)c2nc(C)no2)C(=O)[C@@]2(Oc4c(Cl)c(OC)cc(OC)c4C2=O)[C@H](C)C3)cc1. The molecule has 6 rings (SSSR count). The van der Waals surface area contributed by atoms with Crippen LogP contribution in [0.5, 0.6) is 23.0 Å². The fourth-order valence-electron chi connectivity index (χ4n) is 6.33. The number of ketones is 2. The largest absolute Gasteiger partial charge is 0.497 e. The van der Waals surface area contributed by atoms with Crippen LogP contribution in [0.15, 0.2) is 39.3 Å². The number of aromatic nitrogens is 2. The summed E-state index contributed by atoms with van der Waals surface area (Å²) in [5.41, 5.74) is -0.876. The number of halogens is 1. The van der Waals surface area contributed by atoms with Crippen LogP contribution in [-0.2, 0) is 17.6 Å². The second-order valence-electron chi connectivity index (χ2n) is 11.6. The Kier molecular flexibility index (Phi) is 9.18. The zero-order valence-electron chi connectivity index (χ0n) is 27.2. The number of hydrogen-bond acceptors (Lipinski definition) is 12. The third-order valence-corrected chi connectivity index (χ3v) is 9.73. The van der Waals surface area contributed by atoms with Crippen LogP contribution in [0.25, 0.3) is 11.3 Å². The smallest absolute Gasteiger partial charge is 0.249 e. The minimum atomic E-state index is -1.98. The van der Waals surface area contributed by atoms with Gasteiger partial charge in [-0.05, 0) is 49.6 Å². The highest BCUT2D eigenvalue weighted by Crippen LogP contribution is 2.54. The third kappa shape index (κ3) is 5.48. The van der Waals surface area contributed by atoms with Gasteiger partial charge in [0.2, 0.25) is 29.0 Å². The Morgan fingerprint density at radius 3 is 2.44 bits per heavy atom. The number of amides is 1. The molecular formula is C34H34ClN3O9S. The van der Waals surface area contributed by atoms with Gasteiger partial charge in [-0.25, -0.2) is 0 Å². The van der Waals surface area contributed by atoms with E-state index in [2.05, 4.69) is 15.5 Å². The van der Waals surface area contributed by atoms with Crippen molar-refractivity contribution in [3.8, 4) is 34.3 Å². The van der Waals surface area contributed by atoms with Crippen LogP contribution < -0.4 is 24.3 Å². The van der Waals surface area contributed by atoms with Gasteiger partial charge in [0.25, 0.3) is 0 Å². The van der Waals surface area contributed by atoms with Gasteiger partial charge in [-0.2, -0.15) is 16.7 Å². The van der Waals surface area contributed by atoms with E-state index in [1.807, 2.05) is 6.26 Å². The molecule has 2 aromatic carbocycles. The van der Waals surface area contributed by atoms with Crippen molar-refractivity contribution in [3.05, 3.63) is 69.5 Å². The summed E-state index contributed by atoms with van der Waals surface area (Å²) in [5.74, 6) is 0.838. The van der Waals surface area contributed by atoms with Gasteiger partial charge in [0.1, 0.15) is 45.4 Å². The number of fused-ring (bicyclic) bond motifs is 2. The lowest BCUT2D eigenvalue weighted by molar-refractivity contribution is -0.121. The number of methoxy groups -OCH3 is 3. The lowest BCUT2D eigenvalue weighted by Gasteiger charge is -2.35. The number of ether oxygens (including phenoxy) is 4. The van der Waals surface area contributed by atoms with Crippen molar-refractivity contribution in [1.82, 2.24) is 15.5 Å². The maximum atomic E-state index is 14.8. The minimum Gasteiger partial charge on any atom is -0.497 e. The van der Waals surface area contributed by atoms with Crippen molar-refractivity contribution in [2.45, 2.75) is 44.8 Å². The summed E-state index contributed by atoms with van der Waals surface area (Å²) in [6.07, 6.45) is 2.41. The van der Waals surface area contributed by atoms with Crippen molar-refractivity contribution < 1.29 is 42.3 Å². The number of nitrogens with one attached hydrogen (secondary N) is 1. The molecular weight excluding hydrogens is 662 g/mol. The fourth-order valence-corrected chi connectivity index (χ4v) is 7.07. The zero-order chi connectivity index (χ0) is 34.3. The van der Waals surface area contributed by atoms with E-state index in [9.17, 15) is 14.4 Å². The Labute approximate surface area is 285 Å². The number of nitrogens with zero attached hydrogens (tertiary/aromatic N) is 2. The number of carbonyl (C=O) groups excluding carboxylic acids is 3. The van der Waals surface area contributed by atoms with Gasteiger partial charge in [0.05, 0.1) is 33.3 Å². The van der Waals surface area contributed by atoms with Crippen LogP contribution in [0, 0.1) is 12.8 Å². The molecule has 252 valence electrons. The van der Waals surface area contributed by atoms with Gasteiger partial charge in [0, 0.05) is 29.5 Å². The van der Waals surface area contributed by atoms with Gasteiger partial charge < -0.3 is 33.2 Å². The van der Waals surface area contributed by atoms with Crippen molar-refractivity contribution in [1.29, 1.82) is 0 Å². The Bertz CT molecular complexity index is 1900. The molecule has 1 aliphatic heterocycles. The first-order valence-electron chi connectivity index (χ1n) is 15.2. The quantitative estimate of drug-likeness (QED) is 0.187. The molecule has 1 aliphatic carbocycles. The molecule has 2 aliphatic rings. The predicted octanol–water partition coefficient (Wildman–Crippen LogP) is 5.86. The molecule has 3 atom stereocenters. The first-order chi connectivity index (χ1) is 23.1. The molecule has 1 unspecified atom stereocenters. The van der Waals surface area contributed by atoms with Crippen LogP contribution in [-0.4, -0.2) is 66.6 Å². The monoisotopic (exact) mass is 695 g/mol. The van der Waals surface area contributed by atoms with E-state index < -0.39 is 35.0 Å². The molecule has 4 aromatic rings. The van der Waals surface area contributed by atoms with E-state index in [1.165, 1.54) is 20.3 Å². The van der Waals surface area contributed by atoms with E-state index in [4.69, 9.17) is 39.5 Å². The van der Waals surface area contributed by atoms with Gasteiger partial charge in [-0.1, -0.05) is 23.7 Å². The van der Waals surface area contributed by atoms with Gasteiger partial charge in [-0.3, -0.25) is 14.4 Å². The molecule has 12 nitrogen and oxygen atoms in total. The van der Waals surface area contributed by atoms with Crippen molar-refractivity contribution in [2.75, 3.05) is 33.3 Å². The predicted molar refractivity (Wildman–Crippen MR) is 177 cm³/mol. The first kappa shape index (κ1) is 33.4. The van der Waals surface area contributed by atoms with Crippen LogP contribution >= 0.6 is 23.4 Å². The number of aryl methyl sites for hydroxylation is 1. The number of furan rings is 1. The van der Waals surface area contributed by atoms with Gasteiger partial charge >= 0.3 is 0 Å². The number of carbonyl (C=O) groups is 3. The van der Waals surface area contributed by atoms with E-state index >= 15 is 0 Å². The topological polar surface area (TPSA) is 152 Å². The molecule has 0 saturated carbocycles. The molecule has 0 saturated heterocycles. The summed E-state index contributed by atoms with van der Waals surface area (Å²) in [7, 11) is 4.39. The number of thioether (sulfide) groups is 1. The Balaban J connectivity index is 1.44. The van der Waals surface area contributed by atoms with Crippen molar-refractivity contribution >= 4 is 40.8 Å². The highest BCUT2D eigenvalue weighted by molar-refractivity contribution is 7.98. The summed E-state index contributed by atoms with van der Waals surface area (Å²) in [4.78, 5) is 47.3. The average molecular weight is 696 g/mol. The normalized spacial score (nSPS) is 18.7. The maximum Gasteiger partial charge on any atom is 0.249 e. The van der Waals surface area contributed by atoms with Crippen molar-refractivity contribution in [2.24, 2.45) is 5.92 Å². The van der Waals surface area contributed by atoms with E-state index in [-0.39, 0.29) is 52.1 Å². The highest BCUT2D eigenvalue weighted by Gasteiger charge is 2.63. The van der Waals surface area contributed by atoms with E-state index in [0.717, 1.165) is 5.75 Å². The van der Waals surface area contributed by atoms with Crippen LogP contribution in [0.2, 0.25) is 5.02 Å². The van der Waals surface area contributed by atoms with Crippen molar-refractivity contribution in [3.63, 3.8) is 0 Å². The molecule has 1 spiro atoms. The summed E-state index contributed by atoms with van der Waals surface area (Å²) in [6, 6.07) is 8.00. The fraction of sp³-hybridized carbons (Fsp3) is 0.382. The molecule has 3 heterocycles. The lowest BCUT2D eigenvalue weighted by Crippen LogP contribution is -2.56. The third-order valence-electron chi connectivity index (χ3n) is 8.73. The van der Waals surface area contributed by atoms with E-state index in [0.29, 0.717) is 40.6 Å². The van der Waals surface area contributed by atoms with Crippen LogP contribution in [0.4, 0.5) is 0 Å². The number of rotatable bonds is 11.